The van der Waals surface area contributed by atoms with E-state index in [0.29, 0.717) is 12.1 Å². The summed E-state index contributed by atoms with van der Waals surface area (Å²) in [5.41, 5.74) is -0.0697. The highest BCUT2D eigenvalue weighted by molar-refractivity contribution is 4.82. The van der Waals surface area contributed by atoms with Crippen LogP contribution >= 0.6 is 0 Å². The number of rotatable bonds is 5. The van der Waals surface area contributed by atoms with Gasteiger partial charge in [-0.05, 0) is 52.9 Å². The van der Waals surface area contributed by atoms with Gasteiger partial charge in [0.1, 0.15) is 0 Å². The van der Waals surface area contributed by atoms with Gasteiger partial charge in [-0.2, -0.15) is 0 Å². The zero-order valence-electron chi connectivity index (χ0n) is 11.1. The van der Waals surface area contributed by atoms with Gasteiger partial charge in [0.2, 0.25) is 0 Å². The maximum absolute atomic E-state index is 9.61. The van der Waals surface area contributed by atoms with E-state index in [1.54, 1.807) is 7.11 Å². The van der Waals surface area contributed by atoms with E-state index in [2.05, 4.69) is 26.1 Å². The highest BCUT2D eigenvalue weighted by atomic mass is 16.5. The van der Waals surface area contributed by atoms with Crippen molar-refractivity contribution >= 4 is 0 Å². The van der Waals surface area contributed by atoms with Crippen molar-refractivity contribution in [3.05, 3.63) is 0 Å². The molecule has 0 aromatic rings. The summed E-state index contributed by atoms with van der Waals surface area (Å²) in [6.45, 7) is 6.42. The minimum absolute atomic E-state index is 0.0697. The Morgan fingerprint density at radius 1 is 1.44 bits per heavy atom. The maximum Gasteiger partial charge on any atom is 0.0637 e. The van der Waals surface area contributed by atoms with Crippen LogP contribution in [0, 0.1) is 0 Å². The summed E-state index contributed by atoms with van der Waals surface area (Å²) in [4.78, 5) is 0. The third-order valence-electron chi connectivity index (χ3n) is 3.52. The minimum atomic E-state index is -0.103. The van der Waals surface area contributed by atoms with Crippen LogP contribution in [0.2, 0.25) is 0 Å². The van der Waals surface area contributed by atoms with Crippen molar-refractivity contribution in [2.75, 3.05) is 7.11 Å². The predicted octanol–water partition coefficient (Wildman–Crippen LogP) is 2.08. The van der Waals surface area contributed by atoms with Crippen LogP contribution in [0.25, 0.3) is 0 Å². The SMILES string of the molecule is COC(C)(C)CC(C)NC1CCCC(O)C1. The minimum Gasteiger partial charge on any atom is -0.393 e. The lowest BCUT2D eigenvalue weighted by atomic mass is 9.91. The molecule has 0 radical (unpaired) electrons. The molecule has 3 heteroatoms. The quantitative estimate of drug-likeness (QED) is 0.758. The Morgan fingerprint density at radius 2 is 2.12 bits per heavy atom. The molecule has 16 heavy (non-hydrogen) atoms. The van der Waals surface area contributed by atoms with Crippen molar-refractivity contribution in [1.82, 2.24) is 5.32 Å². The molecule has 0 spiro atoms. The van der Waals surface area contributed by atoms with Crippen LogP contribution in [0.4, 0.5) is 0 Å². The molecule has 0 heterocycles. The lowest BCUT2D eigenvalue weighted by molar-refractivity contribution is 0.00627. The second-order valence-corrected chi connectivity index (χ2v) is 5.75. The van der Waals surface area contributed by atoms with Crippen LogP contribution < -0.4 is 5.32 Å². The number of methoxy groups -OCH3 is 1. The Kier molecular flexibility index (Phi) is 5.22. The second-order valence-electron chi connectivity index (χ2n) is 5.75. The molecule has 1 saturated carbocycles. The molecule has 0 saturated heterocycles. The largest absolute Gasteiger partial charge is 0.393 e. The van der Waals surface area contributed by atoms with Gasteiger partial charge in [0.25, 0.3) is 0 Å². The maximum atomic E-state index is 9.61. The zero-order valence-corrected chi connectivity index (χ0v) is 11.1. The first-order valence-corrected chi connectivity index (χ1v) is 6.42. The van der Waals surface area contributed by atoms with Crippen LogP contribution in [-0.4, -0.2) is 36.0 Å². The summed E-state index contributed by atoms with van der Waals surface area (Å²) in [5, 5.41) is 13.2. The van der Waals surface area contributed by atoms with Crippen molar-refractivity contribution in [2.45, 2.75) is 76.7 Å². The number of hydrogen-bond acceptors (Lipinski definition) is 3. The molecular weight excluding hydrogens is 202 g/mol. The van der Waals surface area contributed by atoms with E-state index in [0.717, 1.165) is 25.7 Å². The summed E-state index contributed by atoms with van der Waals surface area (Å²) >= 11 is 0. The smallest absolute Gasteiger partial charge is 0.0637 e. The van der Waals surface area contributed by atoms with Crippen LogP contribution in [-0.2, 0) is 4.74 Å². The molecular formula is C13H27NO2. The molecule has 3 atom stereocenters. The zero-order chi connectivity index (χ0) is 12.2. The van der Waals surface area contributed by atoms with E-state index < -0.39 is 0 Å². The number of hydrogen-bond donors (Lipinski definition) is 2. The summed E-state index contributed by atoms with van der Waals surface area (Å²) < 4.78 is 5.43. The first-order valence-electron chi connectivity index (χ1n) is 6.42. The number of nitrogens with one attached hydrogen (secondary N) is 1. The van der Waals surface area contributed by atoms with E-state index >= 15 is 0 Å². The van der Waals surface area contributed by atoms with Crippen LogP contribution in [0.15, 0.2) is 0 Å². The Balaban J connectivity index is 2.30. The third-order valence-corrected chi connectivity index (χ3v) is 3.52. The fraction of sp³-hybridized carbons (Fsp3) is 1.00. The van der Waals surface area contributed by atoms with Gasteiger partial charge in [-0.25, -0.2) is 0 Å². The molecule has 1 fully saturated rings. The highest BCUT2D eigenvalue weighted by Gasteiger charge is 2.24. The van der Waals surface area contributed by atoms with Crippen LogP contribution in [0.1, 0.15) is 52.9 Å². The molecule has 3 unspecified atom stereocenters. The summed E-state index contributed by atoms with van der Waals surface area (Å²) in [5.74, 6) is 0. The van der Waals surface area contributed by atoms with E-state index in [4.69, 9.17) is 4.74 Å². The van der Waals surface area contributed by atoms with Crippen LogP contribution in [0.3, 0.4) is 0 Å². The lowest BCUT2D eigenvalue weighted by Gasteiger charge is -2.32. The molecule has 0 bridgehead atoms. The van der Waals surface area contributed by atoms with Gasteiger partial charge in [-0.3, -0.25) is 0 Å². The standard InChI is InChI=1S/C13H27NO2/c1-10(9-13(2,3)16-4)14-11-6-5-7-12(15)8-11/h10-12,14-15H,5-9H2,1-4H3. The normalized spacial score (nSPS) is 29.1. The highest BCUT2D eigenvalue weighted by Crippen LogP contribution is 2.21. The molecule has 1 rings (SSSR count). The van der Waals surface area contributed by atoms with Crippen molar-refractivity contribution < 1.29 is 9.84 Å². The van der Waals surface area contributed by atoms with Gasteiger partial charge in [0.15, 0.2) is 0 Å². The number of aliphatic hydroxyl groups excluding tert-OH is 1. The second kappa shape index (κ2) is 5.99. The van der Waals surface area contributed by atoms with E-state index in [1.807, 2.05) is 0 Å². The lowest BCUT2D eigenvalue weighted by Crippen LogP contribution is -2.44. The first kappa shape index (κ1) is 13.9. The van der Waals surface area contributed by atoms with Crippen molar-refractivity contribution in [3.8, 4) is 0 Å². The van der Waals surface area contributed by atoms with Gasteiger partial charge in [-0.15, -0.1) is 0 Å². The molecule has 0 aromatic carbocycles. The fourth-order valence-corrected chi connectivity index (χ4v) is 2.60. The molecule has 1 aliphatic rings. The Bertz CT molecular complexity index is 206. The first-order chi connectivity index (χ1) is 7.43. The number of ether oxygens (including phenoxy) is 1. The molecule has 0 amide bonds. The summed E-state index contributed by atoms with van der Waals surface area (Å²) in [7, 11) is 1.76. The molecule has 3 nitrogen and oxygen atoms in total. The fourth-order valence-electron chi connectivity index (χ4n) is 2.60. The van der Waals surface area contributed by atoms with E-state index in [9.17, 15) is 5.11 Å². The van der Waals surface area contributed by atoms with Gasteiger partial charge < -0.3 is 15.2 Å². The Labute approximate surface area is 99.6 Å². The van der Waals surface area contributed by atoms with Crippen LogP contribution in [0.5, 0.6) is 0 Å². The van der Waals surface area contributed by atoms with Gasteiger partial charge >= 0.3 is 0 Å². The topological polar surface area (TPSA) is 41.5 Å². The average molecular weight is 229 g/mol. The summed E-state index contributed by atoms with van der Waals surface area (Å²) in [6, 6.07) is 0.914. The van der Waals surface area contributed by atoms with E-state index in [-0.39, 0.29) is 11.7 Å². The molecule has 2 N–H and O–H groups in total. The Hall–Kier alpha value is -0.120. The average Bonchev–Trinajstić information content (AvgIpc) is 2.16. The molecule has 0 aliphatic heterocycles. The monoisotopic (exact) mass is 229 g/mol. The summed E-state index contributed by atoms with van der Waals surface area (Å²) in [6.07, 6.45) is 5.09. The van der Waals surface area contributed by atoms with Crippen molar-refractivity contribution in [2.24, 2.45) is 0 Å². The molecule has 0 aromatic heterocycles. The van der Waals surface area contributed by atoms with Crippen molar-refractivity contribution in [1.29, 1.82) is 0 Å². The molecule has 96 valence electrons. The Morgan fingerprint density at radius 3 is 2.69 bits per heavy atom. The third kappa shape index (κ3) is 4.81. The van der Waals surface area contributed by atoms with E-state index in [1.165, 1.54) is 6.42 Å². The number of aliphatic hydroxyl groups is 1. The van der Waals surface area contributed by atoms with Crippen molar-refractivity contribution in [3.63, 3.8) is 0 Å². The van der Waals surface area contributed by atoms with Gasteiger partial charge in [0, 0.05) is 19.2 Å². The van der Waals surface area contributed by atoms with Gasteiger partial charge in [0.05, 0.1) is 11.7 Å². The molecule has 1 aliphatic carbocycles. The predicted molar refractivity (Wildman–Crippen MR) is 66.6 cm³/mol. The van der Waals surface area contributed by atoms with Gasteiger partial charge in [-0.1, -0.05) is 0 Å².